The number of fused-ring (bicyclic) bond motifs is 1. The molecule has 2 heterocycles. The van der Waals surface area contributed by atoms with Crippen LogP contribution >= 0.6 is 11.3 Å². The standard InChI is InChI=1S/C17H23N3S/c1-11(17-12(2)20-13(3)21-17)19-10-15-6-4-5-14-9-18-8-7-16(14)15/h4-6,11,18-19H,7-10H2,1-3H3. The molecular formula is C17H23N3S. The van der Waals surface area contributed by atoms with E-state index in [1.807, 2.05) is 0 Å². The van der Waals surface area contributed by atoms with Crippen molar-refractivity contribution in [2.45, 2.75) is 46.3 Å². The lowest BCUT2D eigenvalue weighted by molar-refractivity contribution is 0.569. The van der Waals surface area contributed by atoms with E-state index in [0.29, 0.717) is 6.04 Å². The van der Waals surface area contributed by atoms with Crippen molar-refractivity contribution in [3.63, 3.8) is 0 Å². The Hall–Kier alpha value is -1.23. The molecule has 0 radical (unpaired) electrons. The Morgan fingerprint density at radius 1 is 1.38 bits per heavy atom. The number of hydrogen-bond acceptors (Lipinski definition) is 4. The van der Waals surface area contributed by atoms with Crippen LogP contribution in [0.4, 0.5) is 0 Å². The van der Waals surface area contributed by atoms with Crippen LogP contribution in [0.1, 0.15) is 45.2 Å². The van der Waals surface area contributed by atoms with E-state index in [1.165, 1.54) is 21.6 Å². The molecule has 1 aliphatic rings. The lowest BCUT2D eigenvalue weighted by atomic mass is 9.95. The fourth-order valence-electron chi connectivity index (χ4n) is 3.08. The van der Waals surface area contributed by atoms with E-state index < -0.39 is 0 Å². The lowest BCUT2D eigenvalue weighted by Gasteiger charge is -2.21. The second-order valence-corrected chi connectivity index (χ2v) is 7.00. The average molecular weight is 301 g/mol. The van der Waals surface area contributed by atoms with Crippen LogP contribution in [0, 0.1) is 13.8 Å². The molecule has 4 heteroatoms. The lowest BCUT2D eigenvalue weighted by Crippen LogP contribution is -2.26. The van der Waals surface area contributed by atoms with Gasteiger partial charge in [-0.3, -0.25) is 0 Å². The predicted molar refractivity (Wildman–Crippen MR) is 88.7 cm³/mol. The Morgan fingerprint density at radius 3 is 3.00 bits per heavy atom. The van der Waals surface area contributed by atoms with Gasteiger partial charge in [-0.25, -0.2) is 4.98 Å². The zero-order chi connectivity index (χ0) is 14.8. The quantitative estimate of drug-likeness (QED) is 0.910. The monoisotopic (exact) mass is 301 g/mol. The van der Waals surface area contributed by atoms with Gasteiger partial charge in [0.15, 0.2) is 0 Å². The van der Waals surface area contributed by atoms with Gasteiger partial charge in [-0.2, -0.15) is 0 Å². The minimum atomic E-state index is 0.355. The normalized spacial score (nSPS) is 15.8. The van der Waals surface area contributed by atoms with Crippen molar-refractivity contribution in [1.29, 1.82) is 0 Å². The molecule has 112 valence electrons. The number of aryl methyl sites for hydroxylation is 2. The number of hydrogen-bond donors (Lipinski definition) is 2. The van der Waals surface area contributed by atoms with E-state index in [2.05, 4.69) is 54.6 Å². The third-order valence-corrected chi connectivity index (χ3v) is 5.42. The molecule has 1 aromatic heterocycles. The van der Waals surface area contributed by atoms with Crippen molar-refractivity contribution in [2.24, 2.45) is 0 Å². The summed E-state index contributed by atoms with van der Waals surface area (Å²) in [6, 6.07) is 7.03. The SMILES string of the molecule is Cc1nc(C)c(C(C)NCc2cccc3c2CCNC3)s1. The van der Waals surface area contributed by atoms with Gasteiger partial charge in [0.1, 0.15) is 0 Å². The number of rotatable bonds is 4. The number of thiazole rings is 1. The molecule has 0 spiro atoms. The Labute approximate surface area is 130 Å². The summed E-state index contributed by atoms with van der Waals surface area (Å²) in [5, 5.41) is 8.26. The van der Waals surface area contributed by atoms with Crippen molar-refractivity contribution in [3.8, 4) is 0 Å². The Morgan fingerprint density at radius 2 is 2.24 bits per heavy atom. The second kappa shape index (κ2) is 6.26. The fourth-order valence-corrected chi connectivity index (χ4v) is 4.04. The highest BCUT2D eigenvalue weighted by molar-refractivity contribution is 7.11. The van der Waals surface area contributed by atoms with E-state index in [1.54, 1.807) is 11.3 Å². The molecule has 1 aliphatic heterocycles. The first kappa shape index (κ1) is 14.7. The first-order valence-corrected chi connectivity index (χ1v) is 8.44. The highest BCUT2D eigenvalue weighted by Crippen LogP contribution is 2.25. The topological polar surface area (TPSA) is 37.0 Å². The summed E-state index contributed by atoms with van der Waals surface area (Å²) in [7, 11) is 0. The molecule has 21 heavy (non-hydrogen) atoms. The summed E-state index contributed by atoms with van der Waals surface area (Å²) in [5.74, 6) is 0. The Kier molecular flexibility index (Phi) is 4.38. The van der Waals surface area contributed by atoms with Gasteiger partial charge in [0.2, 0.25) is 0 Å². The van der Waals surface area contributed by atoms with Crippen molar-refractivity contribution >= 4 is 11.3 Å². The Bertz CT molecular complexity index is 633. The fraction of sp³-hybridized carbons (Fsp3) is 0.471. The first-order valence-electron chi connectivity index (χ1n) is 7.63. The van der Waals surface area contributed by atoms with Crippen LogP contribution < -0.4 is 10.6 Å². The highest BCUT2D eigenvalue weighted by Gasteiger charge is 2.15. The van der Waals surface area contributed by atoms with E-state index >= 15 is 0 Å². The number of nitrogens with zero attached hydrogens (tertiary/aromatic N) is 1. The molecule has 0 amide bonds. The van der Waals surface area contributed by atoms with Gasteiger partial charge in [0.05, 0.1) is 10.7 Å². The van der Waals surface area contributed by atoms with Gasteiger partial charge >= 0.3 is 0 Å². The molecule has 0 aliphatic carbocycles. The zero-order valence-electron chi connectivity index (χ0n) is 13.0. The van der Waals surface area contributed by atoms with Crippen LogP contribution in [0.3, 0.4) is 0 Å². The van der Waals surface area contributed by atoms with E-state index in [0.717, 1.165) is 36.8 Å². The summed E-state index contributed by atoms with van der Waals surface area (Å²) < 4.78 is 0. The molecule has 2 aromatic rings. The van der Waals surface area contributed by atoms with Gasteiger partial charge in [-0.05, 0) is 50.4 Å². The summed E-state index contributed by atoms with van der Waals surface area (Å²) in [4.78, 5) is 5.89. The third kappa shape index (κ3) is 3.18. The smallest absolute Gasteiger partial charge is 0.0900 e. The van der Waals surface area contributed by atoms with Crippen LogP contribution in [-0.2, 0) is 19.5 Å². The zero-order valence-corrected chi connectivity index (χ0v) is 13.8. The average Bonchev–Trinajstić information content (AvgIpc) is 2.83. The number of aromatic nitrogens is 1. The van der Waals surface area contributed by atoms with Gasteiger partial charge in [-0.1, -0.05) is 18.2 Å². The molecule has 3 rings (SSSR count). The molecule has 0 fully saturated rings. The molecule has 0 bridgehead atoms. The molecule has 1 atom stereocenters. The summed E-state index contributed by atoms with van der Waals surface area (Å²) in [6.07, 6.45) is 1.14. The summed E-state index contributed by atoms with van der Waals surface area (Å²) in [6.45, 7) is 9.44. The van der Waals surface area contributed by atoms with Crippen molar-refractivity contribution < 1.29 is 0 Å². The first-order chi connectivity index (χ1) is 10.1. The second-order valence-electron chi connectivity index (χ2n) is 5.77. The molecular weight excluding hydrogens is 278 g/mol. The third-order valence-electron chi connectivity index (χ3n) is 4.17. The summed E-state index contributed by atoms with van der Waals surface area (Å²) in [5.41, 5.74) is 5.60. The minimum absolute atomic E-state index is 0.355. The van der Waals surface area contributed by atoms with Crippen LogP contribution in [-0.4, -0.2) is 11.5 Å². The largest absolute Gasteiger partial charge is 0.312 e. The molecule has 1 aromatic carbocycles. The maximum absolute atomic E-state index is 4.53. The van der Waals surface area contributed by atoms with Gasteiger partial charge < -0.3 is 10.6 Å². The summed E-state index contributed by atoms with van der Waals surface area (Å²) >= 11 is 1.80. The van der Waals surface area contributed by atoms with Crippen LogP contribution in [0.15, 0.2) is 18.2 Å². The molecule has 1 unspecified atom stereocenters. The van der Waals surface area contributed by atoms with Crippen LogP contribution in [0.2, 0.25) is 0 Å². The number of benzene rings is 1. The van der Waals surface area contributed by atoms with Crippen LogP contribution in [0.5, 0.6) is 0 Å². The molecule has 2 N–H and O–H groups in total. The van der Waals surface area contributed by atoms with Gasteiger partial charge in [0.25, 0.3) is 0 Å². The molecule has 0 saturated carbocycles. The van der Waals surface area contributed by atoms with E-state index in [4.69, 9.17) is 0 Å². The number of nitrogens with one attached hydrogen (secondary N) is 2. The van der Waals surface area contributed by atoms with E-state index in [-0.39, 0.29) is 0 Å². The van der Waals surface area contributed by atoms with Crippen molar-refractivity contribution in [2.75, 3.05) is 6.54 Å². The van der Waals surface area contributed by atoms with Crippen molar-refractivity contribution in [3.05, 3.63) is 50.5 Å². The maximum Gasteiger partial charge on any atom is 0.0900 e. The molecule has 0 saturated heterocycles. The Balaban J connectivity index is 1.72. The minimum Gasteiger partial charge on any atom is -0.312 e. The highest BCUT2D eigenvalue weighted by atomic mass is 32.1. The van der Waals surface area contributed by atoms with Gasteiger partial charge in [0, 0.05) is 24.0 Å². The molecule has 3 nitrogen and oxygen atoms in total. The maximum atomic E-state index is 4.53. The van der Waals surface area contributed by atoms with E-state index in [9.17, 15) is 0 Å². The van der Waals surface area contributed by atoms with Crippen LogP contribution in [0.25, 0.3) is 0 Å². The van der Waals surface area contributed by atoms with Crippen molar-refractivity contribution in [1.82, 2.24) is 15.6 Å². The predicted octanol–water partition coefficient (Wildman–Crippen LogP) is 3.26. The van der Waals surface area contributed by atoms with Gasteiger partial charge in [-0.15, -0.1) is 11.3 Å².